The number of ketones is 1. The fourth-order valence-corrected chi connectivity index (χ4v) is 2.96. The molecule has 20 heavy (non-hydrogen) atoms. The minimum atomic E-state index is 0.131. The topological polar surface area (TPSA) is 34.9 Å². The van der Waals surface area contributed by atoms with Crippen LogP contribution in [0, 0.1) is 6.92 Å². The third-order valence-electron chi connectivity index (χ3n) is 3.36. The molecule has 1 heterocycles. The zero-order valence-electron chi connectivity index (χ0n) is 12.1. The van der Waals surface area contributed by atoms with Crippen molar-refractivity contribution in [2.75, 3.05) is 0 Å². The molecule has 0 amide bonds. The highest BCUT2D eigenvalue weighted by atomic mass is 79.9. The Morgan fingerprint density at radius 2 is 2.10 bits per heavy atom. The molecule has 0 radical (unpaired) electrons. The van der Waals surface area contributed by atoms with Gasteiger partial charge in [0.2, 0.25) is 0 Å². The van der Waals surface area contributed by atoms with Crippen LogP contribution in [0.3, 0.4) is 0 Å². The quantitative estimate of drug-likeness (QED) is 0.775. The molecule has 0 N–H and O–H groups in total. The number of rotatable bonds is 5. The zero-order valence-corrected chi connectivity index (χ0v) is 13.7. The first-order valence-electron chi connectivity index (χ1n) is 6.90. The van der Waals surface area contributed by atoms with E-state index in [0.29, 0.717) is 6.42 Å². The molecule has 1 aromatic heterocycles. The van der Waals surface area contributed by atoms with Crippen molar-refractivity contribution in [1.82, 2.24) is 9.78 Å². The van der Waals surface area contributed by atoms with Crippen LogP contribution >= 0.6 is 15.9 Å². The lowest BCUT2D eigenvalue weighted by molar-refractivity contribution is 0.0990. The molecule has 0 fully saturated rings. The molecule has 3 nitrogen and oxygen atoms in total. The van der Waals surface area contributed by atoms with Crippen LogP contribution in [-0.2, 0) is 19.4 Å². The van der Waals surface area contributed by atoms with Crippen LogP contribution in [0.2, 0.25) is 0 Å². The van der Waals surface area contributed by atoms with Gasteiger partial charge in [0.05, 0.1) is 22.3 Å². The summed E-state index contributed by atoms with van der Waals surface area (Å²) in [5.74, 6) is 0.131. The van der Waals surface area contributed by atoms with E-state index in [9.17, 15) is 4.79 Å². The Morgan fingerprint density at radius 3 is 2.70 bits per heavy atom. The zero-order chi connectivity index (χ0) is 14.7. The largest absolute Gasteiger partial charge is 0.294 e. The van der Waals surface area contributed by atoms with Crippen molar-refractivity contribution in [3.63, 3.8) is 0 Å². The third kappa shape index (κ3) is 3.01. The fourth-order valence-electron chi connectivity index (χ4n) is 2.26. The van der Waals surface area contributed by atoms with Gasteiger partial charge in [0.15, 0.2) is 5.78 Å². The monoisotopic (exact) mass is 334 g/mol. The van der Waals surface area contributed by atoms with Crippen molar-refractivity contribution in [2.24, 2.45) is 0 Å². The molecule has 1 aromatic carbocycles. The number of hydrogen-bond acceptors (Lipinski definition) is 2. The predicted molar refractivity (Wildman–Crippen MR) is 84.2 cm³/mol. The second kappa shape index (κ2) is 6.35. The Balaban J connectivity index is 2.30. The van der Waals surface area contributed by atoms with Crippen molar-refractivity contribution in [3.8, 4) is 0 Å². The van der Waals surface area contributed by atoms with Crippen LogP contribution in [0.1, 0.15) is 41.2 Å². The molecule has 0 bridgehead atoms. The molecule has 0 unspecified atom stereocenters. The fraction of sp³-hybridized carbons (Fsp3) is 0.375. The van der Waals surface area contributed by atoms with Crippen molar-refractivity contribution in [1.29, 1.82) is 0 Å². The van der Waals surface area contributed by atoms with Crippen molar-refractivity contribution in [2.45, 2.75) is 40.2 Å². The average molecular weight is 335 g/mol. The molecule has 0 spiro atoms. The second-order valence-corrected chi connectivity index (χ2v) is 5.64. The highest BCUT2D eigenvalue weighted by Gasteiger charge is 2.17. The molecular weight excluding hydrogens is 316 g/mol. The Morgan fingerprint density at radius 1 is 1.35 bits per heavy atom. The lowest BCUT2D eigenvalue weighted by Gasteiger charge is -2.06. The molecule has 2 rings (SSSR count). The van der Waals surface area contributed by atoms with Crippen LogP contribution in [-0.4, -0.2) is 15.6 Å². The van der Waals surface area contributed by atoms with E-state index in [2.05, 4.69) is 28.0 Å². The van der Waals surface area contributed by atoms with Gasteiger partial charge in [-0.1, -0.05) is 30.7 Å². The molecule has 0 aliphatic carbocycles. The standard InChI is InChI=1S/C16H19BrN2O/c1-4-13-16(17)14(19(5-2)18-13)10-15(20)12-8-6-7-11(3)9-12/h6-9H,4-5,10H2,1-3H3. The molecule has 2 aromatic rings. The molecule has 4 heteroatoms. The van der Waals surface area contributed by atoms with Gasteiger partial charge in [0.25, 0.3) is 0 Å². The van der Waals surface area contributed by atoms with Gasteiger partial charge in [-0.25, -0.2) is 0 Å². The van der Waals surface area contributed by atoms with Crippen LogP contribution in [0.25, 0.3) is 0 Å². The number of nitrogens with zero attached hydrogens (tertiary/aromatic N) is 2. The number of hydrogen-bond donors (Lipinski definition) is 0. The maximum absolute atomic E-state index is 12.4. The highest BCUT2D eigenvalue weighted by Crippen LogP contribution is 2.24. The molecule has 0 aliphatic heterocycles. The van der Waals surface area contributed by atoms with Gasteiger partial charge in [-0.3, -0.25) is 9.48 Å². The summed E-state index contributed by atoms with van der Waals surface area (Å²) in [7, 11) is 0. The minimum absolute atomic E-state index is 0.131. The molecule has 0 aliphatic rings. The van der Waals surface area contributed by atoms with E-state index in [-0.39, 0.29) is 5.78 Å². The van der Waals surface area contributed by atoms with Crippen LogP contribution in [0.15, 0.2) is 28.7 Å². The Hall–Kier alpha value is -1.42. The van der Waals surface area contributed by atoms with Gasteiger partial charge in [0, 0.05) is 12.1 Å². The van der Waals surface area contributed by atoms with Crippen LogP contribution < -0.4 is 0 Å². The first-order chi connectivity index (χ1) is 9.56. The molecule has 0 saturated carbocycles. The van der Waals surface area contributed by atoms with Crippen molar-refractivity contribution in [3.05, 3.63) is 51.3 Å². The number of carbonyl (C=O) groups is 1. The van der Waals surface area contributed by atoms with Gasteiger partial charge < -0.3 is 0 Å². The SMILES string of the molecule is CCc1nn(CC)c(CC(=O)c2cccc(C)c2)c1Br. The lowest BCUT2D eigenvalue weighted by atomic mass is 10.0. The molecule has 0 atom stereocenters. The van der Waals surface area contributed by atoms with Gasteiger partial charge >= 0.3 is 0 Å². The summed E-state index contributed by atoms with van der Waals surface area (Å²) in [6.45, 7) is 6.88. The normalized spacial score (nSPS) is 10.8. The number of carbonyl (C=O) groups excluding carboxylic acids is 1. The Bertz CT molecular complexity index is 631. The number of aryl methyl sites for hydroxylation is 3. The summed E-state index contributed by atoms with van der Waals surface area (Å²) < 4.78 is 2.89. The lowest BCUT2D eigenvalue weighted by Crippen LogP contribution is -2.10. The van der Waals surface area contributed by atoms with Crippen LogP contribution in [0.5, 0.6) is 0 Å². The second-order valence-electron chi connectivity index (χ2n) is 4.85. The third-order valence-corrected chi connectivity index (χ3v) is 4.28. The van der Waals surface area contributed by atoms with Gasteiger partial charge in [-0.15, -0.1) is 0 Å². The molecular formula is C16H19BrN2O. The molecule has 0 saturated heterocycles. The van der Waals surface area contributed by atoms with E-state index in [4.69, 9.17) is 0 Å². The molecule has 106 valence electrons. The van der Waals surface area contributed by atoms with Crippen molar-refractivity contribution < 1.29 is 4.79 Å². The minimum Gasteiger partial charge on any atom is -0.294 e. The summed E-state index contributed by atoms with van der Waals surface area (Å²) in [6.07, 6.45) is 1.24. The van der Waals surface area contributed by atoms with E-state index < -0.39 is 0 Å². The average Bonchev–Trinajstić information content (AvgIpc) is 2.75. The van der Waals surface area contributed by atoms with E-state index in [1.165, 1.54) is 0 Å². The summed E-state index contributed by atoms with van der Waals surface area (Å²) >= 11 is 3.58. The number of Topliss-reactive ketones (excluding diaryl/α,β-unsaturated/α-hetero) is 1. The van der Waals surface area contributed by atoms with Crippen molar-refractivity contribution >= 4 is 21.7 Å². The highest BCUT2D eigenvalue weighted by molar-refractivity contribution is 9.10. The van der Waals surface area contributed by atoms with E-state index >= 15 is 0 Å². The van der Waals surface area contributed by atoms with E-state index in [1.54, 1.807) is 0 Å². The van der Waals surface area contributed by atoms with E-state index in [1.807, 2.05) is 42.8 Å². The number of halogens is 1. The summed E-state index contributed by atoms with van der Waals surface area (Å²) in [4.78, 5) is 12.4. The summed E-state index contributed by atoms with van der Waals surface area (Å²) in [5.41, 5.74) is 3.85. The number of benzene rings is 1. The van der Waals surface area contributed by atoms with Gasteiger partial charge in [0.1, 0.15) is 0 Å². The van der Waals surface area contributed by atoms with Crippen LogP contribution in [0.4, 0.5) is 0 Å². The summed E-state index contributed by atoms with van der Waals surface area (Å²) in [6, 6.07) is 7.73. The Labute approximate surface area is 128 Å². The number of aromatic nitrogens is 2. The van der Waals surface area contributed by atoms with Gasteiger partial charge in [-0.2, -0.15) is 5.10 Å². The Kier molecular flexibility index (Phi) is 4.76. The van der Waals surface area contributed by atoms with Gasteiger partial charge in [-0.05, 0) is 42.3 Å². The predicted octanol–water partition coefficient (Wildman–Crippen LogP) is 3.96. The first-order valence-corrected chi connectivity index (χ1v) is 7.70. The van der Waals surface area contributed by atoms with E-state index in [0.717, 1.165) is 40.0 Å². The maximum atomic E-state index is 12.4. The summed E-state index contributed by atoms with van der Waals surface area (Å²) in [5, 5.41) is 4.53. The maximum Gasteiger partial charge on any atom is 0.168 e. The smallest absolute Gasteiger partial charge is 0.168 e. The first kappa shape index (κ1) is 15.0.